The maximum absolute atomic E-state index is 3.34. The Morgan fingerprint density at radius 1 is 1.40 bits per heavy atom. The SMILES string of the molecule is CNC(C)(C)CC1CCC1. The second-order valence-corrected chi connectivity index (χ2v) is 4.13. The van der Waals surface area contributed by atoms with Crippen LogP contribution in [-0.2, 0) is 0 Å². The summed E-state index contributed by atoms with van der Waals surface area (Å²) < 4.78 is 0. The summed E-state index contributed by atoms with van der Waals surface area (Å²) in [4.78, 5) is 0. The molecule has 1 aliphatic carbocycles. The molecule has 0 amide bonds. The van der Waals surface area contributed by atoms with Crippen LogP contribution in [0.5, 0.6) is 0 Å². The zero-order valence-electron chi connectivity index (χ0n) is 7.41. The van der Waals surface area contributed by atoms with Crippen LogP contribution < -0.4 is 5.32 Å². The first kappa shape index (κ1) is 8.06. The molecule has 1 fully saturated rings. The summed E-state index contributed by atoms with van der Waals surface area (Å²) in [6.45, 7) is 4.57. The van der Waals surface area contributed by atoms with Crippen LogP contribution >= 0.6 is 0 Å². The van der Waals surface area contributed by atoms with Crippen LogP contribution in [0.2, 0.25) is 0 Å². The van der Waals surface area contributed by atoms with Crippen molar-refractivity contribution in [1.82, 2.24) is 5.32 Å². The molecule has 60 valence electrons. The third-order valence-corrected chi connectivity index (χ3v) is 2.70. The van der Waals surface area contributed by atoms with E-state index in [9.17, 15) is 0 Å². The van der Waals surface area contributed by atoms with Crippen molar-refractivity contribution in [2.45, 2.75) is 45.1 Å². The van der Waals surface area contributed by atoms with Gasteiger partial charge in [0, 0.05) is 5.54 Å². The van der Waals surface area contributed by atoms with Crippen LogP contribution in [-0.4, -0.2) is 12.6 Å². The first-order valence-corrected chi connectivity index (χ1v) is 4.33. The van der Waals surface area contributed by atoms with Crippen LogP contribution in [0.3, 0.4) is 0 Å². The molecular weight excluding hydrogens is 122 g/mol. The molecule has 0 unspecified atom stereocenters. The van der Waals surface area contributed by atoms with Gasteiger partial charge in [0.2, 0.25) is 0 Å². The Hall–Kier alpha value is -0.0400. The van der Waals surface area contributed by atoms with Gasteiger partial charge in [0.25, 0.3) is 0 Å². The van der Waals surface area contributed by atoms with Gasteiger partial charge >= 0.3 is 0 Å². The van der Waals surface area contributed by atoms with Gasteiger partial charge in [-0.15, -0.1) is 0 Å². The van der Waals surface area contributed by atoms with Crippen molar-refractivity contribution in [3.8, 4) is 0 Å². The fourth-order valence-corrected chi connectivity index (χ4v) is 1.52. The number of rotatable bonds is 3. The van der Waals surface area contributed by atoms with E-state index in [1.54, 1.807) is 0 Å². The van der Waals surface area contributed by atoms with Crippen molar-refractivity contribution in [1.29, 1.82) is 0 Å². The van der Waals surface area contributed by atoms with E-state index >= 15 is 0 Å². The Kier molecular flexibility index (Phi) is 2.35. The zero-order valence-corrected chi connectivity index (χ0v) is 7.41. The van der Waals surface area contributed by atoms with Gasteiger partial charge in [0.05, 0.1) is 0 Å². The molecule has 0 aromatic carbocycles. The van der Waals surface area contributed by atoms with Gasteiger partial charge in [-0.1, -0.05) is 19.3 Å². The first-order chi connectivity index (χ1) is 4.64. The third-order valence-electron chi connectivity index (χ3n) is 2.70. The molecule has 0 saturated heterocycles. The highest BCUT2D eigenvalue weighted by atomic mass is 14.9. The van der Waals surface area contributed by atoms with E-state index in [0.29, 0.717) is 5.54 Å². The summed E-state index contributed by atoms with van der Waals surface area (Å²) >= 11 is 0. The van der Waals surface area contributed by atoms with E-state index in [1.807, 2.05) is 0 Å². The van der Waals surface area contributed by atoms with Gasteiger partial charge in [0.1, 0.15) is 0 Å². The molecule has 1 N–H and O–H groups in total. The Morgan fingerprint density at radius 2 is 2.00 bits per heavy atom. The highest BCUT2D eigenvalue weighted by Crippen LogP contribution is 2.33. The van der Waals surface area contributed by atoms with Crippen LogP contribution in [0, 0.1) is 5.92 Å². The van der Waals surface area contributed by atoms with Crippen LogP contribution in [0.1, 0.15) is 39.5 Å². The topological polar surface area (TPSA) is 12.0 Å². The molecular formula is C9H19N. The van der Waals surface area contributed by atoms with Gasteiger partial charge in [-0.25, -0.2) is 0 Å². The lowest BCUT2D eigenvalue weighted by Gasteiger charge is -2.34. The van der Waals surface area contributed by atoms with Crippen molar-refractivity contribution >= 4 is 0 Å². The fourth-order valence-electron chi connectivity index (χ4n) is 1.52. The van der Waals surface area contributed by atoms with Gasteiger partial charge in [0.15, 0.2) is 0 Å². The minimum absolute atomic E-state index is 0.366. The Labute approximate surface area is 64.2 Å². The molecule has 0 spiro atoms. The molecule has 0 aromatic rings. The minimum Gasteiger partial charge on any atom is -0.315 e. The van der Waals surface area contributed by atoms with E-state index in [0.717, 1.165) is 5.92 Å². The summed E-state index contributed by atoms with van der Waals surface area (Å²) in [5.74, 6) is 1.02. The molecule has 1 aliphatic rings. The van der Waals surface area contributed by atoms with E-state index in [4.69, 9.17) is 0 Å². The first-order valence-electron chi connectivity index (χ1n) is 4.33. The zero-order chi connectivity index (χ0) is 7.61. The highest BCUT2D eigenvalue weighted by molar-refractivity contribution is 4.82. The molecule has 1 saturated carbocycles. The Balaban J connectivity index is 2.21. The van der Waals surface area contributed by atoms with Crippen LogP contribution in [0.4, 0.5) is 0 Å². The average Bonchev–Trinajstić information content (AvgIpc) is 1.80. The van der Waals surface area contributed by atoms with Gasteiger partial charge in [-0.3, -0.25) is 0 Å². The minimum atomic E-state index is 0.366. The van der Waals surface area contributed by atoms with E-state index in [-0.39, 0.29) is 0 Å². The average molecular weight is 141 g/mol. The molecule has 0 bridgehead atoms. The third kappa shape index (κ3) is 1.98. The van der Waals surface area contributed by atoms with E-state index < -0.39 is 0 Å². The fraction of sp³-hybridized carbons (Fsp3) is 1.00. The largest absolute Gasteiger partial charge is 0.315 e. The monoisotopic (exact) mass is 141 g/mol. The smallest absolute Gasteiger partial charge is 0.0124 e. The van der Waals surface area contributed by atoms with Gasteiger partial charge < -0.3 is 5.32 Å². The van der Waals surface area contributed by atoms with Crippen molar-refractivity contribution < 1.29 is 0 Å². The summed E-state index contributed by atoms with van der Waals surface area (Å²) in [7, 11) is 2.05. The van der Waals surface area contributed by atoms with Crippen molar-refractivity contribution in [3.63, 3.8) is 0 Å². The normalized spacial score (nSPS) is 20.7. The van der Waals surface area contributed by atoms with Crippen molar-refractivity contribution in [2.24, 2.45) is 5.92 Å². The molecule has 0 aliphatic heterocycles. The number of hydrogen-bond acceptors (Lipinski definition) is 1. The van der Waals surface area contributed by atoms with Crippen molar-refractivity contribution in [2.75, 3.05) is 7.05 Å². The summed E-state index contributed by atoms with van der Waals surface area (Å²) in [6.07, 6.45) is 5.74. The van der Waals surface area contributed by atoms with Crippen molar-refractivity contribution in [3.05, 3.63) is 0 Å². The quantitative estimate of drug-likeness (QED) is 0.635. The molecule has 0 radical (unpaired) electrons. The predicted octanol–water partition coefficient (Wildman–Crippen LogP) is 2.17. The second kappa shape index (κ2) is 2.91. The maximum atomic E-state index is 3.34. The lowest BCUT2D eigenvalue weighted by atomic mass is 9.77. The lowest BCUT2D eigenvalue weighted by Crippen LogP contribution is -2.39. The van der Waals surface area contributed by atoms with E-state index in [1.165, 1.54) is 25.7 Å². The molecule has 10 heavy (non-hydrogen) atoms. The summed E-state index contributed by atoms with van der Waals surface area (Å²) in [5, 5.41) is 3.34. The Morgan fingerprint density at radius 3 is 2.30 bits per heavy atom. The lowest BCUT2D eigenvalue weighted by molar-refractivity contribution is 0.223. The molecule has 0 atom stereocenters. The predicted molar refractivity (Wildman–Crippen MR) is 45.1 cm³/mol. The van der Waals surface area contributed by atoms with Gasteiger partial charge in [-0.05, 0) is 33.2 Å². The van der Waals surface area contributed by atoms with Gasteiger partial charge in [-0.2, -0.15) is 0 Å². The molecule has 1 rings (SSSR count). The highest BCUT2D eigenvalue weighted by Gasteiger charge is 2.25. The van der Waals surface area contributed by atoms with E-state index in [2.05, 4.69) is 26.2 Å². The summed E-state index contributed by atoms with van der Waals surface area (Å²) in [5.41, 5.74) is 0.366. The Bertz CT molecular complexity index is 103. The summed E-state index contributed by atoms with van der Waals surface area (Å²) in [6, 6.07) is 0. The standard InChI is InChI=1S/C9H19N/c1-9(2,10-3)7-8-5-4-6-8/h8,10H,4-7H2,1-3H3. The second-order valence-electron chi connectivity index (χ2n) is 4.13. The molecule has 1 heteroatoms. The number of nitrogens with one attached hydrogen (secondary N) is 1. The molecule has 0 aromatic heterocycles. The number of hydrogen-bond donors (Lipinski definition) is 1. The maximum Gasteiger partial charge on any atom is 0.0124 e. The van der Waals surface area contributed by atoms with Crippen LogP contribution in [0.25, 0.3) is 0 Å². The molecule has 0 heterocycles. The molecule has 1 nitrogen and oxygen atoms in total. The van der Waals surface area contributed by atoms with Crippen LogP contribution in [0.15, 0.2) is 0 Å².